The van der Waals surface area contributed by atoms with E-state index in [1.165, 1.54) is 12.1 Å². The Kier molecular flexibility index (Phi) is 5.75. The van der Waals surface area contributed by atoms with Gasteiger partial charge in [0, 0.05) is 13.3 Å². The Bertz CT molecular complexity index is 906. The van der Waals surface area contributed by atoms with Gasteiger partial charge in [-0.3, -0.25) is 4.79 Å². The van der Waals surface area contributed by atoms with Crippen LogP contribution in [0.5, 0.6) is 0 Å². The lowest BCUT2D eigenvalue weighted by Crippen LogP contribution is -2.22. The monoisotopic (exact) mass is 383 g/mol. The highest BCUT2D eigenvalue weighted by Crippen LogP contribution is 2.24. The SMILES string of the molecule is CNc1snc(C)c1C(=O)OCC(=O)Nc1ccccc1S(C)(=O)=O. The van der Waals surface area contributed by atoms with Crippen molar-refractivity contribution in [1.82, 2.24) is 4.37 Å². The number of rotatable bonds is 6. The summed E-state index contributed by atoms with van der Waals surface area (Å²) >= 11 is 1.12. The van der Waals surface area contributed by atoms with Crippen molar-refractivity contribution in [3.63, 3.8) is 0 Å². The van der Waals surface area contributed by atoms with Crippen LogP contribution in [0.2, 0.25) is 0 Å². The molecule has 2 N–H and O–H groups in total. The zero-order valence-electron chi connectivity index (χ0n) is 13.8. The molecule has 0 spiro atoms. The van der Waals surface area contributed by atoms with Gasteiger partial charge in [-0.15, -0.1) is 0 Å². The number of hydrogen-bond donors (Lipinski definition) is 2. The number of sulfone groups is 1. The van der Waals surface area contributed by atoms with Crippen molar-refractivity contribution in [3.05, 3.63) is 35.5 Å². The molecule has 1 aromatic carbocycles. The van der Waals surface area contributed by atoms with Gasteiger partial charge in [-0.05, 0) is 30.6 Å². The van der Waals surface area contributed by atoms with Crippen LogP contribution < -0.4 is 10.6 Å². The van der Waals surface area contributed by atoms with Crippen LogP contribution in [0.4, 0.5) is 10.7 Å². The first-order chi connectivity index (χ1) is 11.7. The zero-order valence-corrected chi connectivity index (χ0v) is 15.5. The summed E-state index contributed by atoms with van der Waals surface area (Å²) in [6.45, 7) is 1.12. The molecule has 0 saturated heterocycles. The summed E-state index contributed by atoms with van der Waals surface area (Å²) in [6.07, 6.45) is 1.05. The molecule has 1 heterocycles. The number of esters is 1. The van der Waals surface area contributed by atoms with Gasteiger partial charge in [0.2, 0.25) is 0 Å². The van der Waals surface area contributed by atoms with Crippen LogP contribution >= 0.6 is 11.5 Å². The highest BCUT2D eigenvalue weighted by Gasteiger charge is 2.21. The molecule has 25 heavy (non-hydrogen) atoms. The van der Waals surface area contributed by atoms with Crippen LogP contribution in [-0.4, -0.2) is 44.6 Å². The average molecular weight is 383 g/mol. The molecule has 0 bridgehead atoms. The highest BCUT2D eigenvalue weighted by atomic mass is 32.2. The number of amides is 1. The van der Waals surface area contributed by atoms with Crippen molar-refractivity contribution in [1.29, 1.82) is 0 Å². The van der Waals surface area contributed by atoms with Crippen LogP contribution in [0, 0.1) is 6.92 Å². The van der Waals surface area contributed by atoms with E-state index in [9.17, 15) is 18.0 Å². The maximum absolute atomic E-state index is 12.1. The smallest absolute Gasteiger partial charge is 0.343 e. The second kappa shape index (κ2) is 7.62. The Labute approximate surface area is 149 Å². The first kappa shape index (κ1) is 18.9. The minimum atomic E-state index is -3.50. The molecular formula is C15H17N3O5S2. The van der Waals surface area contributed by atoms with Crippen molar-refractivity contribution in [3.8, 4) is 0 Å². The fourth-order valence-electron chi connectivity index (χ4n) is 2.06. The first-order valence-corrected chi connectivity index (χ1v) is 9.80. The van der Waals surface area contributed by atoms with Crippen LogP contribution in [0.25, 0.3) is 0 Å². The van der Waals surface area contributed by atoms with Gasteiger partial charge in [0.1, 0.15) is 10.6 Å². The predicted octanol–water partition coefficient (Wildman–Crippen LogP) is 1.69. The molecule has 2 rings (SSSR count). The van der Waals surface area contributed by atoms with E-state index in [0.29, 0.717) is 10.7 Å². The summed E-state index contributed by atoms with van der Waals surface area (Å²) in [7, 11) is -1.85. The molecular weight excluding hydrogens is 366 g/mol. The molecule has 0 aliphatic rings. The molecule has 0 radical (unpaired) electrons. The van der Waals surface area contributed by atoms with Gasteiger partial charge in [0.25, 0.3) is 5.91 Å². The van der Waals surface area contributed by atoms with Crippen LogP contribution in [0.15, 0.2) is 29.2 Å². The molecule has 134 valence electrons. The fraction of sp³-hybridized carbons (Fsp3) is 0.267. The van der Waals surface area contributed by atoms with E-state index in [1.54, 1.807) is 26.1 Å². The molecule has 2 aromatic rings. The number of nitrogens with zero attached hydrogens (tertiary/aromatic N) is 1. The summed E-state index contributed by atoms with van der Waals surface area (Å²) < 4.78 is 32.5. The quantitative estimate of drug-likeness (QED) is 0.730. The maximum Gasteiger partial charge on any atom is 0.343 e. The normalized spacial score (nSPS) is 11.0. The van der Waals surface area contributed by atoms with Crippen molar-refractivity contribution in [2.45, 2.75) is 11.8 Å². The Balaban J connectivity index is 2.05. The van der Waals surface area contributed by atoms with E-state index >= 15 is 0 Å². The largest absolute Gasteiger partial charge is 0.452 e. The lowest BCUT2D eigenvalue weighted by Gasteiger charge is -2.10. The number of hydrogen-bond acceptors (Lipinski definition) is 8. The van der Waals surface area contributed by atoms with Crippen molar-refractivity contribution < 1.29 is 22.7 Å². The Hall–Kier alpha value is -2.46. The molecule has 0 fully saturated rings. The third kappa shape index (κ3) is 4.54. The van der Waals surface area contributed by atoms with Crippen LogP contribution in [0.1, 0.15) is 16.1 Å². The number of carbonyl (C=O) groups excluding carboxylic acids is 2. The van der Waals surface area contributed by atoms with Crippen LogP contribution in [-0.2, 0) is 19.4 Å². The van der Waals surface area contributed by atoms with Gasteiger partial charge in [0.05, 0.1) is 16.3 Å². The third-order valence-corrected chi connectivity index (χ3v) is 5.30. The molecule has 0 atom stereocenters. The maximum atomic E-state index is 12.1. The number of aryl methyl sites for hydroxylation is 1. The minimum absolute atomic E-state index is 0.00924. The topological polar surface area (TPSA) is 114 Å². The number of carbonyl (C=O) groups is 2. The van der Waals surface area contributed by atoms with E-state index in [2.05, 4.69) is 15.0 Å². The standard InChI is InChI=1S/C15H17N3O5S2/c1-9-13(14(16-2)24-18-9)15(20)23-8-12(19)17-10-6-4-5-7-11(10)25(3,21)22/h4-7,16H,8H2,1-3H3,(H,17,19). The first-order valence-electron chi connectivity index (χ1n) is 7.14. The van der Waals surface area contributed by atoms with Gasteiger partial charge in [-0.1, -0.05) is 12.1 Å². The van der Waals surface area contributed by atoms with E-state index in [1.807, 2.05) is 0 Å². The summed E-state index contributed by atoms with van der Waals surface area (Å²) in [5, 5.41) is 5.82. The molecule has 0 aliphatic carbocycles. The fourth-order valence-corrected chi connectivity index (χ4v) is 3.64. The molecule has 0 saturated carbocycles. The second-order valence-electron chi connectivity index (χ2n) is 5.11. The van der Waals surface area contributed by atoms with Crippen molar-refractivity contribution >= 4 is 43.9 Å². The summed E-state index contributed by atoms with van der Waals surface area (Å²) in [6, 6.07) is 5.99. The van der Waals surface area contributed by atoms with Gasteiger partial charge in [-0.25, -0.2) is 13.2 Å². The molecule has 8 nitrogen and oxygen atoms in total. The van der Waals surface area contributed by atoms with Gasteiger partial charge in [0.15, 0.2) is 16.4 Å². The van der Waals surface area contributed by atoms with Gasteiger partial charge < -0.3 is 15.4 Å². The lowest BCUT2D eigenvalue weighted by atomic mass is 10.2. The van der Waals surface area contributed by atoms with Gasteiger partial charge >= 0.3 is 5.97 Å². The third-order valence-electron chi connectivity index (χ3n) is 3.19. The van der Waals surface area contributed by atoms with Crippen LogP contribution in [0.3, 0.4) is 0 Å². The summed E-state index contributed by atoms with van der Waals surface area (Å²) in [5.74, 6) is -1.32. The summed E-state index contributed by atoms with van der Waals surface area (Å²) in [4.78, 5) is 24.1. The molecule has 1 aromatic heterocycles. The molecule has 1 amide bonds. The average Bonchev–Trinajstić information content (AvgIpc) is 2.93. The number of benzene rings is 1. The van der Waals surface area contributed by atoms with Crippen molar-refractivity contribution in [2.75, 3.05) is 30.5 Å². The Morgan fingerprint density at radius 2 is 1.96 bits per heavy atom. The number of ether oxygens (including phenoxy) is 1. The lowest BCUT2D eigenvalue weighted by molar-refractivity contribution is -0.119. The second-order valence-corrected chi connectivity index (χ2v) is 7.87. The molecule has 10 heteroatoms. The van der Waals surface area contributed by atoms with Gasteiger partial charge in [-0.2, -0.15) is 4.37 Å². The number of para-hydroxylation sites is 1. The predicted molar refractivity (Wildman–Crippen MR) is 94.9 cm³/mol. The Morgan fingerprint density at radius 3 is 2.60 bits per heavy atom. The highest BCUT2D eigenvalue weighted by molar-refractivity contribution is 7.90. The van der Waals surface area contributed by atoms with E-state index < -0.39 is 28.3 Å². The van der Waals surface area contributed by atoms with E-state index in [4.69, 9.17) is 4.74 Å². The molecule has 0 aliphatic heterocycles. The van der Waals surface area contributed by atoms with E-state index in [0.717, 1.165) is 17.8 Å². The van der Waals surface area contributed by atoms with E-state index in [-0.39, 0.29) is 16.1 Å². The van der Waals surface area contributed by atoms with Crippen molar-refractivity contribution in [2.24, 2.45) is 0 Å². The molecule has 0 unspecified atom stereocenters. The number of anilines is 2. The zero-order chi connectivity index (χ0) is 18.6. The minimum Gasteiger partial charge on any atom is -0.452 e. The Morgan fingerprint density at radius 1 is 1.28 bits per heavy atom. The summed E-state index contributed by atoms with van der Waals surface area (Å²) in [5.41, 5.74) is 0.911. The number of aromatic nitrogens is 1. The number of nitrogens with one attached hydrogen (secondary N) is 2.